The normalized spacial score (nSPS) is 15.0. The van der Waals surface area contributed by atoms with Gasteiger partial charge in [0.2, 0.25) is 0 Å². The topological polar surface area (TPSA) is 76.8 Å². The summed E-state index contributed by atoms with van der Waals surface area (Å²) in [5.74, 6) is -2.34. The SMILES string of the molecule is CC(C(=O)ON1C(=O)c2ccccc2C1=O)c1ccco1. The van der Waals surface area contributed by atoms with Crippen LogP contribution in [0.5, 0.6) is 0 Å². The molecule has 0 saturated heterocycles. The van der Waals surface area contributed by atoms with Gasteiger partial charge in [0.15, 0.2) is 0 Å². The van der Waals surface area contributed by atoms with Crippen LogP contribution in [0.2, 0.25) is 0 Å². The van der Waals surface area contributed by atoms with E-state index < -0.39 is 23.7 Å². The van der Waals surface area contributed by atoms with Gasteiger partial charge in [-0.25, -0.2) is 4.79 Å². The highest BCUT2D eigenvalue weighted by molar-refractivity contribution is 6.20. The van der Waals surface area contributed by atoms with E-state index in [0.717, 1.165) is 0 Å². The Morgan fingerprint density at radius 3 is 2.24 bits per heavy atom. The summed E-state index contributed by atoms with van der Waals surface area (Å²) in [6.45, 7) is 1.57. The van der Waals surface area contributed by atoms with Crippen molar-refractivity contribution in [2.75, 3.05) is 0 Å². The number of hydroxylamine groups is 2. The van der Waals surface area contributed by atoms with E-state index in [9.17, 15) is 14.4 Å². The maximum Gasteiger partial charge on any atom is 0.343 e. The van der Waals surface area contributed by atoms with Gasteiger partial charge in [-0.2, -0.15) is 0 Å². The number of imide groups is 1. The predicted molar refractivity (Wildman–Crippen MR) is 70.2 cm³/mol. The smallest absolute Gasteiger partial charge is 0.343 e. The van der Waals surface area contributed by atoms with E-state index in [4.69, 9.17) is 9.25 Å². The summed E-state index contributed by atoms with van der Waals surface area (Å²) in [5, 5.41) is 0.492. The minimum absolute atomic E-state index is 0.223. The third kappa shape index (κ3) is 2.10. The van der Waals surface area contributed by atoms with Crippen LogP contribution in [0.3, 0.4) is 0 Å². The highest BCUT2D eigenvalue weighted by Crippen LogP contribution is 2.25. The Kier molecular flexibility index (Phi) is 3.06. The van der Waals surface area contributed by atoms with Gasteiger partial charge in [-0.1, -0.05) is 17.2 Å². The van der Waals surface area contributed by atoms with Gasteiger partial charge < -0.3 is 9.25 Å². The molecule has 1 atom stereocenters. The van der Waals surface area contributed by atoms with Crippen LogP contribution in [-0.4, -0.2) is 22.8 Å². The zero-order valence-electron chi connectivity index (χ0n) is 11.1. The van der Waals surface area contributed by atoms with Gasteiger partial charge in [0.25, 0.3) is 11.8 Å². The van der Waals surface area contributed by atoms with E-state index in [-0.39, 0.29) is 11.1 Å². The lowest BCUT2D eigenvalue weighted by molar-refractivity contribution is -0.170. The van der Waals surface area contributed by atoms with E-state index in [1.165, 1.54) is 18.4 Å². The standard InChI is InChI=1S/C15H11NO5/c1-9(12-7-4-8-20-12)15(19)21-16-13(17)10-5-2-3-6-11(10)14(16)18/h2-9H,1H3. The number of carbonyl (C=O) groups is 3. The molecule has 106 valence electrons. The molecule has 21 heavy (non-hydrogen) atoms. The summed E-state index contributed by atoms with van der Waals surface area (Å²) in [5.41, 5.74) is 0.446. The highest BCUT2D eigenvalue weighted by atomic mass is 16.7. The maximum atomic E-state index is 12.1. The molecule has 6 heteroatoms. The molecule has 0 saturated carbocycles. The predicted octanol–water partition coefficient (Wildman–Crippen LogP) is 2.14. The van der Waals surface area contributed by atoms with Crippen molar-refractivity contribution in [3.8, 4) is 0 Å². The van der Waals surface area contributed by atoms with E-state index in [0.29, 0.717) is 10.8 Å². The van der Waals surface area contributed by atoms with Gasteiger partial charge in [-0.3, -0.25) is 9.59 Å². The van der Waals surface area contributed by atoms with Gasteiger partial charge in [0.05, 0.1) is 17.4 Å². The summed E-state index contributed by atoms with van der Waals surface area (Å²) in [4.78, 5) is 41.1. The zero-order chi connectivity index (χ0) is 15.0. The first-order valence-corrected chi connectivity index (χ1v) is 6.32. The molecular weight excluding hydrogens is 274 g/mol. The molecule has 0 spiro atoms. The van der Waals surface area contributed by atoms with Crippen LogP contribution in [0.15, 0.2) is 47.1 Å². The van der Waals surface area contributed by atoms with Crippen molar-refractivity contribution in [1.29, 1.82) is 0 Å². The van der Waals surface area contributed by atoms with Crippen LogP contribution >= 0.6 is 0 Å². The number of amides is 2. The molecule has 2 aromatic rings. The van der Waals surface area contributed by atoms with Crippen LogP contribution in [0, 0.1) is 0 Å². The fraction of sp³-hybridized carbons (Fsp3) is 0.133. The molecule has 0 radical (unpaired) electrons. The lowest BCUT2D eigenvalue weighted by Crippen LogP contribution is -2.34. The lowest BCUT2D eigenvalue weighted by atomic mass is 10.1. The molecule has 0 fully saturated rings. The van der Waals surface area contributed by atoms with Crippen molar-refractivity contribution >= 4 is 17.8 Å². The zero-order valence-corrected chi connectivity index (χ0v) is 11.1. The van der Waals surface area contributed by atoms with Crippen LogP contribution < -0.4 is 0 Å². The van der Waals surface area contributed by atoms with Gasteiger partial charge in [-0.15, -0.1) is 0 Å². The molecule has 1 aromatic heterocycles. The molecule has 1 unspecified atom stereocenters. The molecule has 0 aliphatic carbocycles. The Bertz CT molecular complexity index is 684. The molecule has 1 aliphatic heterocycles. The third-order valence-electron chi connectivity index (χ3n) is 3.26. The number of hydrogen-bond donors (Lipinski definition) is 0. The molecule has 0 bridgehead atoms. The van der Waals surface area contributed by atoms with Crippen molar-refractivity contribution in [3.63, 3.8) is 0 Å². The third-order valence-corrected chi connectivity index (χ3v) is 3.26. The van der Waals surface area contributed by atoms with E-state index in [1.54, 1.807) is 31.2 Å². The van der Waals surface area contributed by atoms with Crippen molar-refractivity contribution in [2.45, 2.75) is 12.8 Å². The molecular formula is C15H11NO5. The van der Waals surface area contributed by atoms with Gasteiger partial charge in [0.1, 0.15) is 11.7 Å². The van der Waals surface area contributed by atoms with Crippen LogP contribution in [-0.2, 0) is 9.63 Å². The van der Waals surface area contributed by atoms with Crippen molar-refractivity contribution in [1.82, 2.24) is 5.06 Å². The number of furan rings is 1. The summed E-state index contributed by atoms with van der Waals surface area (Å²) >= 11 is 0. The van der Waals surface area contributed by atoms with Crippen molar-refractivity contribution < 1.29 is 23.6 Å². The Labute approximate surface area is 119 Å². The van der Waals surface area contributed by atoms with E-state index >= 15 is 0 Å². The van der Waals surface area contributed by atoms with Gasteiger partial charge in [-0.05, 0) is 31.2 Å². The number of nitrogens with zero attached hydrogens (tertiary/aromatic N) is 1. The second kappa shape index (κ2) is 4.90. The molecule has 3 rings (SSSR count). The van der Waals surface area contributed by atoms with Crippen LogP contribution in [0.4, 0.5) is 0 Å². The second-order valence-corrected chi connectivity index (χ2v) is 4.60. The number of fused-ring (bicyclic) bond motifs is 1. The quantitative estimate of drug-likeness (QED) is 0.807. The summed E-state index contributed by atoms with van der Waals surface area (Å²) < 4.78 is 5.11. The summed E-state index contributed by atoms with van der Waals surface area (Å²) in [6.07, 6.45) is 1.43. The van der Waals surface area contributed by atoms with Crippen LogP contribution in [0.1, 0.15) is 39.3 Å². The molecule has 6 nitrogen and oxygen atoms in total. The number of rotatable bonds is 3. The highest BCUT2D eigenvalue weighted by Gasteiger charge is 2.39. The average molecular weight is 285 g/mol. The minimum Gasteiger partial charge on any atom is -0.468 e. The fourth-order valence-electron chi connectivity index (χ4n) is 2.07. The number of benzene rings is 1. The van der Waals surface area contributed by atoms with E-state index in [2.05, 4.69) is 0 Å². The first-order valence-electron chi connectivity index (χ1n) is 6.32. The second-order valence-electron chi connectivity index (χ2n) is 4.60. The molecule has 2 heterocycles. The lowest BCUT2D eigenvalue weighted by Gasteiger charge is -2.15. The summed E-state index contributed by atoms with van der Waals surface area (Å²) in [7, 11) is 0. The van der Waals surface area contributed by atoms with Crippen molar-refractivity contribution in [2.24, 2.45) is 0 Å². The van der Waals surface area contributed by atoms with Crippen LogP contribution in [0.25, 0.3) is 0 Å². The maximum absolute atomic E-state index is 12.1. The Balaban J connectivity index is 1.79. The Hall–Kier alpha value is -2.89. The first-order chi connectivity index (χ1) is 10.1. The average Bonchev–Trinajstić information content (AvgIpc) is 3.11. The minimum atomic E-state index is -0.737. The monoisotopic (exact) mass is 285 g/mol. The number of carbonyl (C=O) groups excluding carboxylic acids is 3. The van der Waals surface area contributed by atoms with E-state index in [1.807, 2.05) is 0 Å². The number of hydrogen-bond acceptors (Lipinski definition) is 5. The summed E-state index contributed by atoms with van der Waals surface area (Å²) in [6, 6.07) is 9.57. The molecule has 1 aromatic carbocycles. The van der Waals surface area contributed by atoms with Gasteiger partial charge in [0, 0.05) is 0 Å². The van der Waals surface area contributed by atoms with Crippen molar-refractivity contribution in [3.05, 3.63) is 59.5 Å². The fourth-order valence-corrected chi connectivity index (χ4v) is 2.07. The Morgan fingerprint density at radius 2 is 1.71 bits per heavy atom. The molecule has 2 amide bonds. The first kappa shape index (κ1) is 13.1. The largest absolute Gasteiger partial charge is 0.468 e. The molecule has 0 N–H and O–H groups in total. The Morgan fingerprint density at radius 1 is 1.10 bits per heavy atom. The molecule has 1 aliphatic rings. The van der Waals surface area contributed by atoms with Gasteiger partial charge >= 0.3 is 5.97 Å².